The SMILES string of the molecule is OCC1CCN(c2ccc(Cl)cc2NC(O)c2cnn3cccnc23)C1. The molecule has 2 aromatic heterocycles. The summed E-state index contributed by atoms with van der Waals surface area (Å²) >= 11 is 6.17. The summed E-state index contributed by atoms with van der Waals surface area (Å²) in [6.07, 6.45) is 5.01. The van der Waals surface area contributed by atoms with Crippen LogP contribution in [-0.2, 0) is 0 Å². The van der Waals surface area contributed by atoms with Crippen molar-refractivity contribution in [2.24, 2.45) is 5.92 Å². The summed E-state index contributed by atoms with van der Waals surface area (Å²) in [7, 11) is 0. The normalized spacial score (nSPS) is 18.4. The van der Waals surface area contributed by atoms with Crippen molar-refractivity contribution >= 4 is 28.6 Å². The Labute approximate surface area is 155 Å². The number of hydrogen-bond acceptors (Lipinski definition) is 6. The van der Waals surface area contributed by atoms with Gasteiger partial charge in [0.1, 0.15) is 0 Å². The van der Waals surface area contributed by atoms with Crippen LogP contribution < -0.4 is 10.2 Å². The number of nitrogens with zero attached hydrogens (tertiary/aromatic N) is 4. The van der Waals surface area contributed by atoms with E-state index in [0.29, 0.717) is 16.2 Å². The number of hydrogen-bond donors (Lipinski definition) is 3. The van der Waals surface area contributed by atoms with E-state index in [4.69, 9.17) is 11.6 Å². The van der Waals surface area contributed by atoms with Crippen molar-refractivity contribution in [3.63, 3.8) is 0 Å². The van der Waals surface area contributed by atoms with E-state index < -0.39 is 6.23 Å². The van der Waals surface area contributed by atoms with Gasteiger partial charge in [0.05, 0.1) is 23.1 Å². The predicted octanol–water partition coefficient (Wildman–Crippen LogP) is 2.30. The van der Waals surface area contributed by atoms with Crippen molar-refractivity contribution < 1.29 is 10.2 Å². The number of benzene rings is 1. The molecule has 2 unspecified atom stereocenters. The average molecular weight is 374 g/mol. The topological polar surface area (TPSA) is 85.9 Å². The second kappa shape index (κ2) is 7.11. The molecular formula is C18H20ClN5O2. The Morgan fingerprint density at radius 2 is 2.27 bits per heavy atom. The van der Waals surface area contributed by atoms with Crippen molar-refractivity contribution in [2.75, 3.05) is 29.9 Å². The van der Waals surface area contributed by atoms with Crippen molar-refractivity contribution in [3.8, 4) is 0 Å². The van der Waals surface area contributed by atoms with Crippen LogP contribution in [-0.4, -0.2) is 44.5 Å². The van der Waals surface area contributed by atoms with Crippen LogP contribution in [0.15, 0.2) is 42.9 Å². The predicted molar refractivity (Wildman–Crippen MR) is 100 cm³/mol. The number of rotatable bonds is 5. The molecule has 1 saturated heterocycles. The highest BCUT2D eigenvalue weighted by atomic mass is 35.5. The third-order valence-electron chi connectivity index (χ3n) is 4.74. The maximum Gasteiger partial charge on any atom is 0.162 e. The van der Waals surface area contributed by atoms with Crippen molar-refractivity contribution in [1.29, 1.82) is 0 Å². The molecule has 0 amide bonds. The van der Waals surface area contributed by atoms with Crippen LogP contribution in [0.3, 0.4) is 0 Å². The lowest BCUT2D eigenvalue weighted by molar-refractivity contribution is 0.209. The molecule has 0 aliphatic carbocycles. The molecule has 26 heavy (non-hydrogen) atoms. The summed E-state index contributed by atoms with van der Waals surface area (Å²) in [4.78, 5) is 6.47. The van der Waals surface area contributed by atoms with Crippen LogP contribution >= 0.6 is 11.6 Å². The van der Waals surface area contributed by atoms with Crippen LogP contribution in [0.25, 0.3) is 5.65 Å². The Bertz CT molecular complexity index is 915. The van der Waals surface area contributed by atoms with Crippen molar-refractivity contribution in [2.45, 2.75) is 12.6 Å². The molecule has 2 atom stereocenters. The highest BCUT2D eigenvalue weighted by molar-refractivity contribution is 6.31. The first-order valence-corrected chi connectivity index (χ1v) is 8.91. The monoisotopic (exact) mass is 373 g/mol. The van der Waals surface area contributed by atoms with E-state index in [2.05, 4.69) is 20.3 Å². The van der Waals surface area contributed by atoms with Crippen LogP contribution in [0.5, 0.6) is 0 Å². The zero-order chi connectivity index (χ0) is 18.1. The van der Waals surface area contributed by atoms with Crippen molar-refractivity contribution in [3.05, 3.63) is 53.4 Å². The maximum atomic E-state index is 10.7. The number of aromatic nitrogens is 3. The van der Waals surface area contributed by atoms with Gasteiger partial charge >= 0.3 is 0 Å². The second-order valence-corrected chi connectivity index (χ2v) is 6.92. The van der Waals surface area contributed by atoms with Crippen LogP contribution in [0.4, 0.5) is 11.4 Å². The van der Waals surface area contributed by atoms with Gasteiger partial charge in [-0.05, 0) is 30.7 Å². The molecule has 0 spiro atoms. The maximum absolute atomic E-state index is 10.7. The molecule has 1 aliphatic heterocycles. The molecule has 1 fully saturated rings. The van der Waals surface area contributed by atoms with Gasteiger partial charge in [0.15, 0.2) is 11.9 Å². The molecule has 1 aromatic carbocycles. The first kappa shape index (κ1) is 17.1. The first-order valence-electron chi connectivity index (χ1n) is 8.54. The van der Waals surface area contributed by atoms with E-state index in [1.54, 1.807) is 35.2 Å². The summed E-state index contributed by atoms with van der Waals surface area (Å²) in [6, 6.07) is 7.35. The van der Waals surface area contributed by atoms with Gasteiger partial charge in [-0.3, -0.25) is 0 Å². The van der Waals surface area contributed by atoms with Gasteiger partial charge in [0.2, 0.25) is 0 Å². The second-order valence-electron chi connectivity index (χ2n) is 6.48. The minimum atomic E-state index is -0.976. The Morgan fingerprint density at radius 3 is 3.08 bits per heavy atom. The summed E-state index contributed by atoms with van der Waals surface area (Å²) in [5.74, 6) is 0.271. The molecular weight excluding hydrogens is 354 g/mol. The lowest BCUT2D eigenvalue weighted by Crippen LogP contribution is -2.22. The van der Waals surface area contributed by atoms with E-state index >= 15 is 0 Å². The van der Waals surface area contributed by atoms with Gasteiger partial charge < -0.3 is 20.4 Å². The zero-order valence-electron chi connectivity index (χ0n) is 14.1. The third kappa shape index (κ3) is 3.21. The lowest BCUT2D eigenvalue weighted by Gasteiger charge is -2.24. The number of anilines is 2. The highest BCUT2D eigenvalue weighted by Gasteiger charge is 2.25. The summed E-state index contributed by atoms with van der Waals surface area (Å²) < 4.78 is 1.62. The van der Waals surface area contributed by atoms with E-state index in [-0.39, 0.29) is 12.5 Å². The molecule has 0 saturated carbocycles. The number of halogens is 1. The molecule has 4 rings (SSSR count). The first-order chi connectivity index (χ1) is 12.7. The third-order valence-corrected chi connectivity index (χ3v) is 4.97. The smallest absolute Gasteiger partial charge is 0.162 e. The van der Waals surface area contributed by atoms with Gasteiger partial charge in [0, 0.05) is 43.0 Å². The summed E-state index contributed by atoms with van der Waals surface area (Å²) in [5.41, 5.74) is 2.87. The van der Waals surface area contributed by atoms with Gasteiger partial charge in [0.25, 0.3) is 0 Å². The molecule has 8 heteroatoms. The van der Waals surface area contributed by atoms with E-state index in [0.717, 1.165) is 30.9 Å². The van der Waals surface area contributed by atoms with Gasteiger partial charge in [-0.15, -0.1) is 0 Å². The molecule has 3 heterocycles. The van der Waals surface area contributed by atoms with E-state index in [1.807, 2.05) is 12.1 Å². The zero-order valence-corrected chi connectivity index (χ0v) is 14.8. The minimum Gasteiger partial charge on any atom is -0.396 e. The number of nitrogens with one attached hydrogen (secondary N) is 1. The molecule has 136 valence electrons. The minimum absolute atomic E-state index is 0.184. The number of aliphatic hydroxyl groups is 2. The Hall–Kier alpha value is -2.35. The Balaban J connectivity index is 1.62. The van der Waals surface area contributed by atoms with E-state index in [1.165, 1.54) is 0 Å². The van der Waals surface area contributed by atoms with Crippen LogP contribution in [0.1, 0.15) is 18.2 Å². The average Bonchev–Trinajstić information content (AvgIpc) is 3.28. The quantitative estimate of drug-likeness (QED) is 0.595. The van der Waals surface area contributed by atoms with Crippen molar-refractivity contribution in [1.82, 2.24) is 14.6 Å². The molecule has 3 aromatic rings. The number of aliphatic hydroxyl groups excluding tert-OH is 2. The van der Waals surface area contributed by atoms with Gasteiger partial charge in [-0.1, -0.05) is 11.6 Å². The largest absolute Gasteiger partial charge is 0.396 e. The Kier molecular flexibility index (Phi) is 4.67. The molecule has 0 bridgehead atoms. The standard InChI is InChI=1S/C18H20ClN5O2/c19-13-2-3-16(23-7-4-12(10-23)11-25)15(8-13)22-18(26)14-9-21-24-6-1-5-20-17(14)24/h1-3,5-6,8-9,12,18,22,25-26H,4,7,10-11H2. The molecule has 7 nitrogen and oxygen atoms in total. The molecule has 0 radical (unpaired) electrons. The fourth-order valence-corrected chi connectivity index (χ4v) is 3.54. The fraction of sp³-hybridized carbons (Fsp3) is 0.333. The van der Waals surface area contributed by atoms with E-state index in [9.17, 15) is 10.2 Å². The highest BCUT2D eigenvalue weighted by Crippen LogP contribution is 2.34. The lowest BCUT2D eigenvalue weighted by atomic mass is 10.1. The van der Waals surface area contributed by atoms with Crippen LogP contribution in [0, 0.1) is 5.92 Å². The van der Waals surface area contributed by atoms with Crippen LogP contribution in [0.2, 0.25) is 5.02 Å². The Morgan fingerprint density at radius 1 is 1.38 bits per heavy atom. The molecule has 3 N–H and O–H groups in total. The van der Waals surface area contributed by atoms with Gasteiger partial charge in [-0.25, -0.2) is 9.50 Å². The van der Waals surface area contributed by atoms with Gasteiger partial charge in [-0.2, -0.15) is 5.10 Å². The fourth-order valence-electron chi connectivity index (χ4n) is 3.36. The number of fused-ring (bicyclic) bond motifs is 1. The molecule has 1 aliphatic rings. The summed E-state index contributed by atoms with van der Waals surface area (Å²) in [6.45, 7) is 1.82. The summed E-state index contributed by atoms with van der Waals surface area (Å²) in [5, 5.41) is 28.0.